The summed E-state index contributed by atoms with van der Waals surface area (Å²) >= 11 is 4.22. The molecule has 0 saturated carbocycles. The van der Waals surface area contributed by atoms with Crippen molar-refractivity contribution >= 4 is 33.5 Å². The molecule has 1 unspecified atom stereocenters. The molecule has 118 valence electrons. The lowest BCUT2D eigenvalue weighted by Gasteiger charge is -2.11. The Morgan fingerprint density at radius 2 is 1.65 bits per heavy atom. The summed E-state index contributed by atoms with van der Waals surface area (Å²) in [6.07, 6.45) is 0. The van der Waals surface area contributed by atoms with Crippen LogP contribution >= 0.6 is 11.6 Å². The molecule has 0 amide bonds. The van der Waals surface area contributed by atoms with Gasteiger partial charge in [0, 0.05) is 15.8 Å². The van der Waals surface area contributed by atoms with Gasteiger partial charge in [0.15, 0.2) is 0 Å². The van der Waals surface area contributed by atoms with E-state index in [4.69, 9.17) is 20.5 Å². The number of hydrogen-bond donors (Lipinski definition) is 0. The molecule has 0 aliphatic rings. The molecule has 0 spiro atoms. The molecular formula is C18H15ClO3S. The molecule has 3 aromatic rings. The minimum Gasteiger partial charge on any atom is -0.493 e. The van der Waals surface area contributed by atoms with E-state index in [1.165, 1.54) is 0 Å². The smallest absolute Gasteiger partial charge is 0.241 e. The van der Waals surface area contributed by atoms with Gasteiger partial charge < -0.3 is 8.92 Å². The predicted octanol–water partition coefficient (Wildman–Crippen LogP) is 4.99. The fraction of sp³-hybridized carbons (Fsp3) is 0.111. The highest BCUT2D eigenvalue weighted by molar-refractivity contribution is 7.80. The molecule has 1 atom stereocenters. The second-order valence-electron chi connectivity index (χ2n) is 4.81. The third kappa shape index (κ3) is 3.49. The van der Waals surface area contributed by atoms with Gasteiger partial charge in [-0.25, -0.2) is 4.21 Å². The molecule has 0 aromatic heterocycles. The van der Waals surface area contributed by atoms with Crippen molar-refractivity contribution < 1.29 is 13.1 Å². The van der Waals surface area contributed by atoms with Crippen LogP contribution in [0.2, 0.25) is 5.02 Å². The van der Waals surface area contributed by atoms with Crippen LogP contribution in [0.25, 0.3) is 10.8 Å². The SMILES string of the molecule is CCOc1ccc(S(=O)Oc2ccc(Cl)cc2)c2ccccc12. The van der Waals surface area contributed by atoms with Gasteiger partial charge in [-0.1, -0.05) is 35.9 Å². The maximum absolute atomic E-state index is 12.6. The van der Waals surface area contributed by atoms with Gasteiger partial charge >= 0.3 is 0 Å². The fourth-order valence-corrected chi connectivity index (χ4v) is 3.33. The van der Waals surface area contributed by atoms with Crippen LogP contribution in [0.15, 0.2) is 65.6 Å². The third-order valence-corrected chi connectivity index (χ3v) is 4.62. The first-order chi connectivity index (χ1) is 11.2. The molecule has 0 bridgehead atoms. The van der Waals surface area contributed by atoms with Crippen LogP contribution in [-0.4, -0.2) is 10.8 Å². The van der Waals surface area contributed by atoms with Gasteiger partial charge in [-0.05, 0) is 43.3 Å². The van der Waals surface area contributed by atoms with Crippen molar-refractivity contribution in [1.29, 1.82) is 0 Å². The predicted molar refractivity (Wildman–Crippen MR) is 93.6 cm³/mol. The Hall–Kier alpha value is -2.04. The van der Waals surface area contributed by atoms with Crippen LogP contribution in [-0.2, 0) is 11.1 Å². The van der Waals surface area contributed by atoms with E-state index in [-0.39, 0.29) is 0 Å². The minimum atomic E-state index is -1.63. The van der Waals surface area contributed by atoms with Crippen molar-refractivity contribution in [1.82, 2.24) is 0 Å². The summed E-state index contributed by atoms with van der Waals surface area (Å²) in [5, 5.41) is 2.38. The van der Waals surface area contributed by atoms with Crippen molar-refractivity contribution in [2.24, 2.45) is 0 Å². The lowest BCUT2D eigenvalue weighted by Crippen LogP contribution is -2.02. The zero-order valence-corrected chi connectivity index (χ0v) is 14.1. The Morgan fingerprint density at radius 1 is 0.957 bits per heavy atom. The van der Waals surface area contributed by atoms with E-state index < -0.39 is 11.1 Å². The van der Waals surface area contributed by atoms with Crippen molar-refractivity contribution in [2.45, 2.75) is 11.8 Å². The summed E-state index contributed by atoms with van der Waals surface area (Å²) in [6.45, 7) is 2.51. The van der Waals surface area contributed by atoms with Crippen LogP contribution in [0, 0.1) is 0 Å². The Bertz CT molecular complexity index is 847. The highest BCUT2D eigenvalue weighted by Gasteiger charge is 2.13. The summed E-state index contributed by atoms with van der Waals surface area (Å²) in [5.41, 5.74) is 0. The number of halogens is 1. The van der Waals surface area contributed by atoms with Crippen molar-refractivity contribution in [3.8, 4) is 11.5 Å². The normalized spacial score (nSPS) is 12.1. The minimum absolute atomic E-state index is 0.505. The van der Waals surface area contributed by atoms with Crippen LogP contribution < -0.4 is 8.92 Å². The van der Waals surface area contributed by atoms with Gasteiger partial charge in [0.25, 0.3) is 0 Å². The molecule has 0 fully saturated rings. The molecule has 3 nitrogen and oxygen atoms in total. The van der Waals surface area contributed by atoms with E-state index in [2.05, 4.69) is 0 Å². The molecule has 0 aliphatic heterocycles. The number of rotatable bonds is 5. The molecule has 23 heavy (non-hydrogen) atoms. The lowest BCUT2D eigenvalue weighted by atomic mass is 10.1. The maximum atomic E-state index is 12.6. The van der Waals surface area contributed by atoms with Crippen molar-refractivity contribution in [2.75, 3.05) is 6.61 Å². The largest absolute Gasteiger partial charge is 0.493 e. The van der Waals surface area contributed by atoms with E-state index >= 15 is 0 Å². The molecular weight excluding hydrogens is 332 g/mol. The Kier molecular flexibility index (Phi) is 4.84. The van der Waals surface area contributed by atoms with Gasteiger partial charge in [0.2, 0.25) is 11.1 Å². The second-order valence-corrected chi connectivity index (χ2v) is 6.32. The summed E-state index contributed by atoms with van der Waals surface area (Å²) in [4.78, 5) is 0.610. The molecule has 0 N–H and O–H groups in total. The molecule has 3 rings (SSSR count). The van der Waals surface area contributed by atoms with E-state index in [1.807, 2.05) is 37.3 Å². The van der Waals surface area contributed by atoms with Crippen LogP contribution in [0.1, 0.15) is 6.92 Å². The summed E-state index contributed by atoms with van der Waals surface area (Å²) in [6, 6.07) is 18.1. The molecule has 5 heteroatoms. The number of ether oxygens (including phenoxy) is 1. The van der Waals surface area contributed by atoms with Gasteiger partial charge in [-0.2, -0.15) is 0 Å². The highest BCUT2D eigenvalue weighted by atomic mass is 35.5. The first kappa shape index (κ1) is 15.8. The Balaban J connectivity index is 1.97. The molecule has 3 aromatic carbocycles. The maximum Gasteiger partial charge on any atom is 0.241 e. The summed E-state index contributed by atoms with van der Waals surface area (Å²) in [5.74, 6) is 1.28. The number of fused-ring (bicyclic) bond motifs is 1. The zero-order chi connectivity index (χ0) is 16.2. The van der Waals surface area contributed by atoms with Crippen molar-refractivity contribution in [3.05, 3.63) is 65.7 Å². The van der Waals surface area contributed by atoms with Gasteiger partial charge in [-0.3, -0.25) is 0 Å². The van der Waals surface area contributed by atoms with Gasteiger partial charge in [0.05, 0.1) is 11.5 Å². The standard InChI is InChI=1S/C18H15ClO3S/c1-2-21-17-11-12-18(16-6-4-3-5-15(16)17)23(20)22-14-9-7-13(19)8-10-14/h3-12H,2H2,1H3. The van der Waals surface area contributed by atoms with E-state index in [9.17, 15) is 4.21 Å². The Labute approximate surface area is 142 Å². The zero-order valence-electron chi connectivity index (χ0n) is 12.5. The first-order valence-electron chi connectivity index (χ1n) is 7.19. The first-order valence-corrected chi connectivity index (χ1v) is 8.64. The van der Waals surface area contributed by atoms with Crippen LogP contribution in [0.4, 0.5) is 0 Å². The van der Waals surface area contributed by atoms with E-state index in [0.29, 0.717) is 22.3 Å². The third-order valence-electron chi connectivity index (χ3n) is 3.31. The monoisotopic (exact) mass is 346 g/mol. The fourth-order valence-electron chi connectivity index (χ4n) is 2.29. The van der Waals surface area contributed by atoms with Crippen LogP contribution in [0.3, 0.4) is 0 Å². The number of benzene rings is 3. The Morgan fingerprint density at radius 3 is 2.35 bits per heavy atom. The average Bonchev–Trinajstić information content (AvgIpc) is 2.57. The molecule has 0 aliphatic carbocycles. The topological polar surface area (TPSA) is 35.5 Å². The summed E-state index contributed by atoms with van der Waals surface area (Å²) < 4.78 is 23.8. The van der Waals surface area contributed by atoms with E-state index in [1.54, 1.807) is 30.3 Å². The van der Waals surface area contributed by atoms with Crippen LogP contribution in [0.5, 0.6) is 11.5 Å². The lowest BCUT2D eigenvalue weighted by molar-refractivity contribution is 0.344. The van der Waals surface area contributed by atoms with E-state index in [0.717, 1.165) is 16.5 Å². The quantitative estimate of drug-likeness (QED) is 0.652. The average molecular weight is 347 g/mol. The molecule has 0 heterocycles. The molecule has 0 saturated heterocycles. The molecule has 0 radical (unpaired) electrons. The van der Waals surface area contributed by atoms with Crippen molar-refractivity contribution in [3.63, 3.8) is 0 Å². The summed E-state index contributed by atoms with van der Waals surface area (Å²) in [7, 11) is 0. The van der Waals surface area contributed by atoms with Gasteiger partial charge in [0.1, 0.15) is 11.5 Å². The second kappa shape index (κ2) is 7.02. The number of hydrogen-bond acceptors (Lipinski definition) is 3. The highest BCUT2D eigenvalue weighted by Crippen LogP contribution is 2.31. The van der Waals surface area contributed by atoms with Gasteiger partial charge in [-0.15, -0.1) is 0 Å².